The predicted molar refractivity (Wildman–Crippen MR) is 73.0 cm³/mol. The minimum atomic E-state index is -3.84. The Kier molecular flexibility index (Phi) is 6.56. The first-order valence-electron chi connectivity index (χ1n) is 6.02. The molecule has 0 amide bonds. The molecule has 0 aromatic heterocycles. The summed E-state index contributed by atoms with van der Waals surface area (Å²) in [5.74, 6) is -1.21. The summed E-state index contributed by atoms with van der Waals surface area (Å²) in [7, 11) is -2.54. The Morgan fingerprint density at radius 3 is 2.62 bits per heavy atom. The van der Waals surface area contributed by atoms with Gasteiger partial charge in [0.05, 0.1) is 31.8 Å². The summed E-state index contributed by atoms with van der Waals surface area (Å²) in [5.41, 5.74) is -0.239. The fraction of sp³-hybridized carbons (Fsp3) is 0.417. The highest BCUT2D eigenvalue weighted by atomic mass is 32.2. The Labute approximate surface area is 122 Å². The molecule has 21 heavy (non-hydrogen) atoms. The summed E-state index contributed by atoms with van der Waals surface area (Å²) in [5, 5.41) is 17.5. The molecule has 0 aliphatic heterocycles. The highest BCUT2D eigenvalue weighted by Gasteiger charge is 2.19. The van der Waals surface area contributed by atoms with Crippen LogP contribution in [0.25, 0.3) is 0 Å². The molecule has 8 nitrogen and oxygen atoms in total. The van der Waals surface area contributed by atoms with E-state index in [1.165, 1.54) is 19.2 Å². The van der Waals surface area contributed by atoms with Crippen molar-refractivity contribution >= 4 is 16.0 Å². The number of sulfonamides is 1. The lowest BCUT2D eigenvalue weighted by Gasteiger charge is -2.10. The van der Waals surface area contributed by atoms with Crippen molar-refractivity contribution in [2.75, 3.05) is 33.5 Å². The molecule has 1 rings (SSSR count). The summed E-state index contributed by atoms with van der Waals surface area (Å²) in [4.78, 5) is 10.9. The van der Waals surface area contributed by atoms with Gasteiger partial charge in [-0.15, -0.1) is 0 Å². The first-order valence-corrected chi connectivity index (χ1v) is 7.50. The number of aliphatic hydroxyl groups is 1. The molecule has 3 N–H and O–H groups in total. The van der Waals surface area contributed by atoms with E-state index in [2.05, 4.69) is 4.72 Å². The van der Waals surface area contributed by atoms with Gasteiger partial charge in [-0.2, -0.15) is 0 Å². The molecule has 0 fully saturated rings. The number of carboxylic acid groups (broad SMARTS) is 1. The number of aliphatic hydroxyl groups excluding tert-OH is 1. The van der Waals surface area contributed by atoms with Crippen LogP contribution < -0.4 is 9.46 Å². The second-order valence-corrected chi connectivity index (χ2v) is 5.67. The van der Waals surface area contributed by atoms with Crippen LogP contribution >= 0.6 is 0 Å². The van der Waals surface area contributed by atoms with Crippen molar-refractivity contribution in [2.24, 2.45) is 0 Å². The van der Waals surface area contributed by atoms with E-state index < -0.39 is 16.0 Å². The lowest BCUT2D eigenvalue weighted by Crippen LogP contribution is -2.28. The molecule has 0 spiro atoms. The van der Waals surface area contributed by atoms with Crippen LogP contribution in [0.5, 0.6) is 5.75 Å². The van der Waals surface area contributed by atoms with Crippen molar-refractivity contribution < 1.29 is 32.9 Å². The van der Waals surface area contributed by atoms with Gasteiger partial charge in [0.25, 0.3) is 0 Å². The number of aromatic carboxylic acids is 1. The molecular formula is C12H17NO7S. The first kappa shape index (κ1) is 17.4. The van der Waals surface area contributed by atoms with Crippen molar-refractivity contribution in [2.45, 2.75) is 4.90 Å². The van der Waals surface area contributed by atoms with Crippen molar-refractivity contribution in [3.05, 3.63) is 23.8 Å². The topological polar surface area (TPSA) is 122 Å². The number of ether oxygens (including phenoxy) is 2. The molecule has 118 valence electrons. The number of rotatable bonds is 9. The summed E-state index contributed by atoms with van der Waals surface area (Å²) < 4.78 is 36.0. The average molecular weight is 319 g/mol. The van der Waals surface area contributed by atoms with Gasteiger partial charge in [-0.3, -0.25) is 0 Å². The largest absolute Gasteiger partial charge is 0.496 e. The lowest BCUT2D eigenvalue weighted by atomic mass is 10.2. The van der Waals surface area contributed by atoms with E-state index in [0.717, 1.165) is 6.07 Å². The van der Waals surface area contributed by atoms with Crippen molar-refractivity contribution in [3.63, 3.8) is 0 Å². The zero-order valence-electron chi connectivity index (χ0n) is 11.4. The second kappa shape index (κ2) is 7.93. The predicted octanol–water partition coefficient (Wildman–Crippen LogP) is -0.319. The molecule has 0 atom stereocenters. The zero-order valence-corrected chi connectivity index (χ0v) is 12.2. The van der Waals surface area contributed by atoms with Crippen LogP contribution in [0.4, 0.5) is 0 Å². The SMILES string of the molecule is COc1ccc(S(=O)(=O)NCCOCCO)cc1C(=O)O. The fourth-order valence-corrected chi connectivity index (χ4v) is 2.56. The van der Waals surface area contributed by atoms with Gasteiger partial charge < -0.3 is 19.7 Å². The molecule has 0 heterocycles. The van der Waals surface area contributed by atoms with E-state index in [9.17, 15) is 13.2 Å². The van der Waals surface area contributed by atoms with Gasteiger partial charge >= 0.3 is 5.97 Å². The summed E-state index contributed by atoms with van der Waals surface area (Å²) in [6.45, 7) is 0.0825. The van der Waals surface area contributed by atoms with E-state index >= 15 is 0 Å². The van der Waals surface area contributed by atoms with Gasteiger partial charge in [0.15, 0.2) is 0 Å². The minimum absolute atomic E-state index is 0.0107. The quantitative estimate of drug-likeness (QED) is 0.533. The zero-order chi connectivity index (χ0) is 15.9. The number of benzene rings is 1. The highest BCUT2D eigenvalue weighted by Crippen LogP contribution is 2.22. The Balaban J connectivity index is 2.83. The molecule has 1 aromatic rings. The van der Waals surface area contributed by atoms with Crippen LogP contribution in [0.2, 0.25) is 0 Å². The van der Waals surface area contributed by atoms with E-state index in [4.69, 9.17) is 19.7 Å². The molecule has 0 bridgehead atoms. The van der Waals surface area contributed by atoms with E-state index in [1.54, 1.807) is 0 Å². The fourth-order valence-electron chi connectivity index (χ4n) is 1.52. The van der Waals surface area contributed by atoms with Crippen molar-refractivity contribution in [3.8, 4) is 5.75 Å². The Morgan fingerprint density at radius 1 is 1.33 bits per heavy atom. The molecule has 0 aliphatic carbocycles. The van der Waals surface area contributed by atoms with Gasteiger partial charge in [-0.25, -0.2) is 17.9 Å². The highest BCUT2D eigenvalue weighted by molar-refractivity contribution is 7.89. The number of hydrogen-bond acceptors (Lipinski definition) is 6. The number of carbonyl (C=O) groups is 1. The van der Waals surface area contributed by atoms with Crippen LogP contribution in [0.3, 0.4) is 0 Å². The average Bonchev–Trinajstić information content (AvgIpc) is 2.46. The van der Waals surface area contributed by atoms with Crippen LogP contribution in [0.1, 0.15) is 10.4 Å². The molecule has 0 saturated heterocycles. The Bertz CT molecular complexity index is 585. The van der Waals surface area contributed by atoms with Crippen molar-refractivity contribution in [1.82, 2.24) is 4.72 Å². The Hall–Kier alpha value is -1.68. The van der Waals surface area contributed by atoms with Crippen LogP contribution in [0, 0.1) is 0 Å². The van der Waals surface area contributed by atoms with Gasteiger partial charge in [0.1, 0.15) is 11.3 Å². The van der Waals surface area contributed by atoms with Gasteiger partial charge in [-0.05, 0) is 18.2 Å². The molecule has 1 aromatic carbocycles. The van der Waals surface area contributed by atoms with Crippen LogP contribution in [-0.2, 0) is 14.8 Å². The molecule has 9 heteroatoms. The molecule has 0 aliphatic rings. The standard InChI is InChI=1S/C12H17NO7S/c1-19-11-3-2-9(8-10(11)12(15)16)21(17,18)13-4-6-20-7-5-14/h2-3,8,13-14H,4-7H2,1H3,(H,15,16). The number of nitrogens with one attached hydrogen (secondary N) is 1. The maximum atomic E-state index is 12.0. The van der Waals surface area contributed by atoms with Gasteiger partial charge in [0.2, 0.25) is 10.0 Å². The third-order valence-electron chi connectivity index (χ3n) is 2.49. The van der Waals surface area contributed by atoms with E-state index in [0.29, 0.717) is 0 Å². The summed E-state index contributed by atoms with van der Waals surface area (Å²) in [6.07, 6.45) is 0. The first-order chi connectivity index (χ1) is 9.92. The monoisotopic (exact) mass is 319 g/mol. The number of hydrogen-bond donors (Lipinski definition) is 3. The molecule has 0 unspecified atom stereocenters. The van der Waals surface area contributed by atoms with Crippen LogP contribution in [-0.4, -0.2) is 58.1 Å². The summed E-state index contributed by atoms with van der Waals surface area (Å²) >= 11 is 0. The number of methoxy groups -OCH3 is 1. The number of carboxylic acids is 1. The smallest absolute Gasteiger partial charge is 0.339 e. The van der Waals surface area contributed by atoms with Crippen LogP contribution in [0.15, 0.2) is 23.1 Å². The van der Waals surface area contributed by atoms with Gasteiger partial charge in [-0.1, -0.05) is 0 Å². The van der Waals surface area contributed by atoms with E-state index in [-0.39, 0.29) is 42.6 Å². The van der Waals surface area contributed by atoms with Gasteiger partial charge in [0, 0.05) is 6.54 Å². The Morgan fingerprint density at radius 2 is 2.05 bits per heavy atom. The lowest BCUT2D eigenvalue weighted by molar-refractivity contribution is 0.0693. The third kappa shape index (κ3) is 4.97. The maximum Gasteiger partial charge on any atom is 0.339 e. The normalized spacial score (nSPS) is 11.3. The molecule has 0 saturated carbocycles. The second-order valence-electron chi connectivity index (χ2n) is 3.90. The minimum Gasteiger partial charge on any atom is -0.496 e. The molecule has 0 radical (unpaired) electrons. The van der Waals surface area contributed by atoms with E-state index in [1.807, 2.05) is 0 Å². The molecular weight excluding hydrogens is 302 g/mol. The third-order valence-corrected chi connectivity index (χ3v) is 3.94. The maximum absolute atomic E-state index is 12.0. The summed E-state index contributed by atoms with van der Waals surface area (Å²) in [6, 6.07) is 3.56. The van der Waals surface area contributed by atoms with Crippen molar-refractivity contribution in [1.29, 1.82) is 0 Å².